The number of nitrogens with zero attached hydrogens (tertiary/aromatic N) is 1. The highest BCUT2D eigenvalue weighted by Crippen LogP contribution is 2.33. The zero-order chi connectivity index (χ0) is 38.9. The van der Waals surface area contributed by atoms with Gasteiger partial charge in [-0.05, 0) is 108 Å². The Morgan fingerprint density at radius 1 is 0.755 bits per heavy atom. The average molecular weight is 742 g/mol. The summed E-state index contributed by atoms with van der Waals surface area (Å²) in [6, 6.07) is 0.477. The van der Waals surface area contributed by atoms with E-state index in [4.69, 9.17) is 14.2 Å². The lowest BCUT2D eigenvalue weighted by Crippen LogP contribution is -2.28. The first kappa shape index (κ1) is 48.5. The van der Waals surface area contributed by atoms with Gasteiger partial charge in [-0.15, -0.1) is 0 Å². The molecule has 53 heavy (non-hydrogen) atoms. The van der Waals surface area contributed by atoms with Crippen LogP contribution in [0.15, 0.2) is 29.3 Å². The molecule has 0 aromatic heterocycles. The van der Waals surface area contributed by atoms with Gasteiger partial charge in [0.2, 0.25) is 0 Å². The van der Waals surface area contributed by atoms with Crippen molar-refractivity contribution in [2.75, 3.05) is 33.4 Å². The van der Waals surface area contributed by atoms with E-state index in [0.717, 1.165) is 154 Å². The summed E-state index contributed by atoms with van der Waals surface area (Å²) in [6.07, 6.45) is 23.6. The molecule has 7 heteroatoms. The van der Waals surface area contributed by atoms with E-state index >= 15 is 0 Å². The van der Waals surface area contributed by atoms with E-state index in [0.29, 0.717) is 38.7 Å². The van der Waals surface area contributed by atoms with Crippen LogP contribution < -0.4 is 0 Å². The molecule has 0 bridgehead atoms. The summed E-state index contributed by atoms with van der Waals surface area (Å²) in [5.41, 5.74) is 10.4. The molecule has 2 atom stereocenters. The number of cyclic esters (lactones) is 2. The number of esters is 3. The molecule has 0 aromatic rings. The molecule has 1 aliphatic heterocycles. The minimum Gasteiger partial charge on any atom is -0.466 e. The van der Waals surface area contributed by atoms with Gasteiger partial charge in [-0.1, -0.05) is 115 Å². The molecule has 7 nitrogen and oxygen atoms in total. The van der Waals surface area contributed by atoms with Crippen molar-refractivity contribution in [3.05, 3.63) is 29.3 Å². The van der Waals surface area contributed by atoms with Crippen molar-refractivity contribution in [1.82, 2.24) is 4.90 Å². The molecule has 1 heterocycles. The summed E-state index contributed by atoms with van der Waals surface area (Å²) in [6.45, 7) is 14.7. The van der Waals surface area contributed by atoms with Gasteiger partial charge in [-0.3, -0.25) is 14.4 Å². The minimum absolute atomic E-state index is 0.0492. The Hall–Kier alpha value is -2.55. The lowest BCUT2D eigenvalue weighted by Gasteiger charge is -2.26. The van der Waals surface area contributed by atoms with Crippen molar-refractivity contribution in [2.45, 2.75) is 194 Å². The van der Waals surface area contributed by atoms with Gasteiger partial charge in [-0.2, -0.15) is 0 Å². The van der Waals surface area contributed by atoms with E-state index in [2.05, 4.69) is 63.4 Å². The van der Waals surface area contributed by atoms with Crippen LogP contribution in [-0.2, 0) is 28.6 Å². The fraction of sp³-hybridized carbons (Fsp3) is 0.826. The molecule has 0 aromatic carbocycles. The van der Waals surface area contributed by atoms with Crippen molar-refractivity contribution in [3.8, 4) is 0 Å². The first-order chi connectivity index (χ1) is 25.7. The summed E-state index contributed by atoms with van der Waals surface area (Å²) >= 11 is 0. The molecule has 0 amide bonds. The largest absolute Gasteiger partial charge is 0.466 e. The Balaban J connectivity index is 2.95. The van der Waals surface area contributed by atoms with Gasteiger partial charge in [0.1, 0.15) is 0 Å². The zero-order valence-corrected chi connectivity index (χ0v) is 34.9. The minimum atomic E-state index is -0.125. The molecule has 1 saturated heterocycles. The molecule has 1 rings (SSSR count). The zero-order valence-electron chi connectivity index (χ0n) is 34.9. The normalized spacial score (nSPS) is 21.6. The van der Waals surface area contributed by atoms with Crippen LogP contribution in [0, 0.1) is 17.8 Å². The smallest absolute Gasteiger partial charge is 0.308 e. The fourth-order valence-corrected chi connectivity index (χ4v) is 7.24. The van der Waals surface area contributed by atoms with Gasteiger partial charge < -0.3 is 19.1 Å². The van der Waals surface area contributed by atoms with Gasteiger partial charge in [0.25, 0.3) is 0 Å². The van der Waals surface area contributed by atoms with Gasteiger partial charge >= 0.3 is 17.9 Å². The molecule has 0 spiro atoms. The van der Waals surface area contributed by atoms with Crippen LogP contribution >= 0.6 is 0 Å². The molecule has 1 aliphatic rings. The third-order valence-corrected chi connectivity index (χ3v) is 10.9. The molecule has 0 radical (unpaired) electrons. The number of ether oxygens (including phenoxy) is 3. The van der Waals surface area contributed by atoms with Crippen LogP contribution in [0.2, 0.25) is 0 Å². The Labute approximate surface area is 325 Å². The van der Waals surface area contributed by atoms with Gasteiger partial charge in [0.15, 0.2) is 0 Å². The second-order valence-electron chi connectivity index (χ2n) is 15.7. The SMILES string of the molecule is C=C=C=C=C1C(CCCCC)CCOC(=O)CCCCCCCC(C(=O)OCCCN(C)C(C)C)CCCCCCCC(=O)OCCC1CCCCC. The number of allylic oxidation sites excluding steroid dienone is 1. The summed E-state index contributed by atoms with van der Waals surface area (Å²) in [5, 5.41) is 0. The predicted octanol–water partition coefficient (Wildman–Crippen LogP) is 11.6. The lowest BCUT2D eigenvalue weighted by molar-refractivity contribution is -0.149. The first-order valence-electron chi connectivity index (χ1n) is 21.8. The van der Waals surface area contributed by atoms with Crippen LogP contribution in [0.5, 0.6) is 0 Å². The highest BCUT2D eigenvalue weighted by Gasteiger charge is 2.24. The topological polar surface area (TPSA) is 82.1 Å². The van der Waals surface area contributed by atoms with Crippen molar-refractivity contribution in [3.63, 3.8) is 0 Å². The van der Waals surface area contributed by atoms with Crippen LogP contribution in [0.3, 0.4) is 0 Å². The molecule has 304 valence electrons. The third kappa shape index (κ3) is 25.2. The monoisotopic (exact) mass is 742 g/mol. The maximum absolute atomic E-state index is 13.1. The highest BCUT2D eigenvalue weighted by molar-refractivity contribution is 5.72. The van der Waals surface area contributed by atoms with Crippen LogP contribution in [0.25, 0.3) is 0 Å². The Morgan fingerprint density at radius 3 is 1.72 bits per heavy atom. The van der Waals surface area contributed by atoms with E-state index in [1.54, 1.807) is 0 Å². The number of hydrogen-bond acceptors (Lipinski definition) is 7. The third-order valence-electron chi connectivity index (χ3n) is 10.9. The van der Waals surface area contributed by atoms with Crippen LogP contribution in [0.1, 0.15) is 188 Å². The summed E-state index contributed by atoms with van der Waals surface area (Å²) in [4.78, 5) is 40.9. The van der Waals surface area contributed by atoms with Gasteiger partial charge in [-0.25, -0.2) is 0 Å². The molecule has 0 aliphatic carbocycles. The summed E-state index contributed by atoms with van der Waals surface area (Å²) < 4.78 is 17.3. The first-order valence-corrected chi connectivity index (χ1v) is 21.8. The summed E-state index contributed by atoms with van der Waals surface area (Å²) in [5.74, 6) is 0.0650. The predicted molar refractivity (Wildman–Crippen MR) is 218 cm³/mol. The van der Waals surface area contributed by atoms with E-state index in [1.807, 2.05) is 0 Å². The highest BCUT2D eigenvalue weighted by atomic mass is 16.5. The van der Waals surface area contributed by atoms with E-state index in [9.17, 15) is 14.4 Å². The van der Waals surface area contributed by atoms with Crippen molar-refractivity contribution >= 4 is 17.9 Å². The molecule has 0 N–H and O–H groups in total. The molecule has 2 unspecified atom stereocenters. The number of unbranched alkanes of at least 4 members (excludes halogenated alkanes) is 4. The molecular formula is C46H79NO6. The van der Waals surface area contributed by atoms with Crippen molar-refractivity contribution < 1.29 is 28.6 Å². The molecule has 1 fully saturated rings. The Kier molecular flexibility index (Phi) is 30.0. The molecular weight excluding hydrogens is 663 g/mol. The maximum atomic E-state index is 13.1. The number of carbonyl (C=O) groups excluding carboxylic acids is 3. The fourth-order valence-electron chi connectivity index (χ4n) is 7.24. The van der Waals surface area contributed by atoms with Gasteiger partial charge in [0, 0.05) is 25.4 Å². The number of hydrogen-bond donors (Lipinski definition) is 0. The van der Waals surface area contributed by atoms with Crippen molar-refractivity contribution in [1.29, 1.82) is 0 Å². The average Bonchev–Trinajstić information content (AvgIpc) is 3.13. The molecule has 0 saturated carbocycles. The Bertz CT molecular complexity index is 1050. The van der Waals surface area contributed by atoms with Gasteiger partial charge in [0.05, 0.1) is 25.7 Å². The van der Waals surface area contributed by atoms with E-state index in [1.165, 1.54) is 5.57 Å². The standard InChI is InChI=1S/C46H79NO6/c1-7-10-19-26-40-33-37-51-44(48)31-23-17-13-15-21-28-42(46(50)53-36-25-35-47(6)39(4)5)29-22-16-14-18-24-32-45(49)52-38-34-41(27-20-11-8-2)43(40)30-12-9-3/h39-42H,3,7-8,10-11,13-29,31-38H2,1-2,4-6H3. The quantitative estimate of drug-likeness (QED) is 0.0758. The Morgan fingerprint density at radius 2 is 1.25 bits per heavy atom. The maximum Gasteiger partial charge on any atom is 0.308 e. The van der Waals surface area contributed by atoms with Crippen molar-refractivity contribution in [2.24, 2.45) is 17.8 Å². The number of rotatable bonds is 14. The second-order valence-corrected chi connectivity index (χ2v) is 15.7. The summed E-state index contributed by atoms with van der Waals surface area (Å²) in [7, 11) is 2.10. The number of carbonyl (C=O) groups is 3. The van der Waals surface area contributed by atoms with Crippen LogP contribution in [0.4, 0.5) is 0 Å². The van der Waals surface area contributed by atoms with E-state index < -0.39 is 0 Å². The second kappa shape index (κ2) is 32.8. The van der Waals surface area contributed by atoms with Crippen LogP contribution in [-0.4, -0.2) is 62.3 Å². The lowest BCUT2D eigenvalue weighted by atomic mass is 9.79. The van der Waals surface area contributed by atoms with E-state index in [-0.39, 0.29) is 35.7 Å².